The summed E-state index contributed by atoms with van der Waals surface area (Å²) in [5.41, 5.74) is 0.0231. The summed E-state index contributed by atoms with van der Waals surface area (Å²) in [6.07, 6.45) is 1.27. The number of halogens is 1. The second-order valence-corrected chi connectivity index (χ2v) is 1.95. The first kappa shape index (κ1) is 7.15. The van der Waals surface area contributed by atoms with E-state index in [0.717, 1.165) is 0 Å². The molecular formula is C6H4ClO3-. The Morgan fingerprint density at radius 2 is 2.50 bits per heavy atom. The third kappa shape index (κ3) is 1.14. The summed E-state index contributed by atoms with van der Waals surface area (Å²) in [6, 6.07) is 1.31. The Morgan fingerprint density at radius 3 is 2.90 bits per heavy atom. The molecule has 0 saturated carbocycles. The van der Waals surface area contributed by atoms with E-state index in [4.69, 9.17) is 16.0 Å². The summed E-state index contributed by atoms with van der Waals surface area (Å²) < 4.78 is 4.72. The molecule has 54 valence electrons. The largest absolute Gasteiger partial charge is 0.545 e. The average molecular weight is 160 g/mol. The summed E-state index contributed by atoms with van der Waals surface area (Å²) in [4.78, 5) is 10.2. The molecule has 0 amide bonds. The third-order valence-corrected chi connectivity index (χ3v) is 1.33. The second-order valence-electron chi connectivity index (χ2n) is 1.68. The maximum atomic E-state index is 10.2. The molecular weight excluding hydrogens is 156 g/mol. The van der Waals surface area contributed by atoms with Crippen LogP contribution in [0.1, 0.15) is 16.1 Å². The minimum absolute atomic E-state index is 0.0231. The van der Waals surface area contributed by atoms with E-state index in [1.54, 1.807) is 0 Å². The number of furan rings is 1. The molecule has 4 heteroatoms. The van der Waals surface area contributed by atoms with Crippen molar-refractivity contribution in [3.63, 3.8) is 0 Å². The van der Waals surface area contributed by atoms with Crippen molar-refractivity contribution in [1.82, 2.24) is 0 Å². The van der Waals surface area contributed by atoms with E-state index in [2.05, 4.69) is 0 Å². The first-order chi connectivity index (χ1) is 4.75. The standard InChI is InChI=1S/C6H5ClO3/c7-3-5-4(6(8)9)1-2-10-5/h1-2H,3H2,(H,8,9)/p-1. The van der Waals surface area contributed by atoms with Gasteiger partial charge in [-0.1, -0.05) is 0 Å². The molecule has 1 aromatic rings. The minimum Gasteiger partial charge on any atom is -0.545 e. The molecule has 0 saturated heterocycles. The molecule has 0 bridgehead atoms. The van der Waals surface area contributed by atoms with Crippen molar-refractivity contribution in [2.24, 2.45) is 0 Å². The summed E-state index contributed by atoms with van der Waals surface area (Å²) in [5.74, 6) is -0.970. The molecule has 0 aliphatic rings. The van der Waals surface area contributed by atoms with E-state index < -0.39 is 5.97 Å². The quantitative estimate of drug-likeness (QED) is 0.587. The highest BCUT2D eigenvalue weighted by Gasteiger charge is 2.03. The molecule has 1 rings (SSSR count). The van der Waals surface area contributed by atoms with E-state index in [-0.39, 0.29) is 17.2 Å². The van der Waals surface area contributed by atoms with Crippen molar-refractivity contribution in [1.29, 1.82) is 0 Å². The van der Waals surface area contributed by atoms with Crippen LogP contribution in [0, 0.1) is 0 Å². The molecule has 0 radical (unpaired) electrons. The van der Waals surface area contributed by atoms with Gasteiger partial charge < -0.3 is 14.3 Å². The number of aromatic carboxylic acids is 1. The predicted octanol–water partition coefficient (Wildman–Crippen LogP) is 0.382. The molecule has 3 nitrogen and oxygen atoms in total. The molecule has 0 spiro atoms. The van der Waals surface area contributed by atoms with Crippen LogP contribution < -0.4 is 5.11 Å². The van der Waals surface area contributed by atoms with Crippen LogP contribution in [0.5, 0.6) is 0 Å². The summed E-state index contributed by atoms with van der Waals surface area (Å²) in [5, 5.41) is 10.2. The highest BCUT2D eigenvalue weighted by Crippen LogP contribution is 2.11. The molecule has 0 unspecified atom stereocenters. The topological polar surface area (TPSA) is 53.3 Å². The number of hydrogen-bond donors (Lipinski definition) is 0. The number of carbonyl (C=O) groups is 1. The van der Waals surface area contributed by atoms with Crippen LogP contribution in [0.25, 0.3) is 0 Å². The van der Waals surface area contributed by atoms with Gasteiger partial charge in [-0.2, -0.15) is 0 Å². The predicted molar refractivity (Wildman–Crippen MR) is 32.6 cm³/mol. The average Bonchev–Trinajstić information content (AvgIpc) is 2.33. The summed E-state index contributed by atoms with van der Waals surface area (Å²) >= 11 is 5.33. The lowest BCUT2D eigenvalue weighted by Gasteiger charge is -1.97. The van der Waals surface area contributed by atoms with Gasteiger partial charge in [-0.3, -0.25) is 0 Å². The van der Waals surface area contributed by atoms with Gasteiger partial charge in [-0.15, -0.1) is 11.6 Å². The second kappa shape index (κ2) is 2.75. The molecule has 1 heterocycles. The van der Waals surface area contributed by atoms with Crippen LogP contribution in [0.2, 0.25) is 0 Å². The Kier molecular flexibility index (Phi) is 1.97. The number of rotatable bonds is 2. The van der Waals surface area contributed by atoms with E-state index >= 15 is 0 Å². The molecule has 1 aromatic heterocycles. The lowest BCUT2D eigenvalue weighted by atomic mass is 10.3. The first-order valence-electron chi connectivity index (χ1n) is 2.59. The zero-order valence-corrected chi connectivity index (χ0v) is 5.72. The molecule has 0 aliphatic carbocycles. The van der Waals surface area contributed by atoms with Crippen LogP contribution in [-0.4, -0.2) is 5.97 Å². The fourth-order valence-corrected chi connectivity index (χ4v) is 0.833. The van der Waals surface area contributed by atoms with E-state index in [0.29, 0.717) is 0 Å². The van der Waals surface area contributed by atoms with Crippen LogP contribution in [-0.2, 0) is 5.88 Å². The van der Waals surface area contributed by atoms with Crippen LogP contribution >= 0.6 is 11.6 Å². The Balaban J connectivity index is 3.01. The van der Waals surface area contributed by atoms with Crippen LogP contribution in [0.3, 0.4) is 0 Å². The van der Waals surface area contributed by atoms with Gasteiger partial charge in [0, 0.05) is 5.56 Å². The number of alkyl halides is 1. The highest BCUT2D eigenvalue weighted by molar-refractivity contribution is 6.17. The maximum Gasteiger partial charge on any atom is 0.127 e. The third-order valence-electron chi connectivity index (χ3n) is 1.09. The number of carboxylic acid groups (broad SMARTS) is 1. The van der Waals surface area contributed by atoms with Gasteiger partial charge in [0.1, 0.15) is 5.76 Å². The van der Waals surface area contributed by atoms with Gasteiger partial charge in [0.2, 0.25) is 0 Å². The van der Waals surface area contributed by atoms with Gasteiger partial charge in [0.05, 0.1) is 18.1 Å². The SMILES string of the molecule is O=C([O-])c1ccoc1CCl. The number of hydrogen-bond acceptors (Lipinski definition) is 3. The minimum atomic E-state index is -1.26. The van der Waals surface area contributed by atoms with Gasteiger partial charge in [-0.25, -0.2) is 0 Å². The molecule has 0 aliphatic heterocycles. The molecule has 0 fully saturated rings. The number of carbonyl (C=O) groups excluding carboxylic acids is 1. The lowest BCUT2D eigenvalue weighted by molar-refractivity contribution is -0.255. The zero-order valence-electron chi connectivity index (χ0n) is 4.96. The smallest absolute Gasteiger partial charge is 0.127 e. The van der Waals surface area contributed by atoms with Crippen LogP contribution in [0.15, 0.2) is 16.7 Å². The van der Waals surface area contributed by atoms with Crippen molar-refractivity contribution in [3.05, 3.63) is 23.7 Å². The summed E-state index contributed by atoms with van der Waals surface area (Å²) in [7, 11) is 0. The Morgan fingerprint density at radius 1 is 1.80 bits per heavy atom. The first-order valence-corrected chi connectivity index (χ1v) is 3.13. The Bertz CT molecular complexity index is 241. The fourth-order valence-electron chi connectivity index (χ4n) is 0.626. The van der Waals surface area contributed by atoms with Crippen molar-refractivity contribution < 1.29 is 14.3 Å². The monoisotopic (exact) mass is 159 g/mol. The van der Waals surface area contributed by atoms with E-state index in [1.807, 2.05) is 0 Å². The lowest BCUT2D eigenvalue weighted by Crippen LogP contribution is -2.22. The Hall–Kier alpha value is -0.960. The highest BCUT2D eigenvalue weighted by atomic mass is 35.5. The fraction of sp³-hybridized carbons (Fsp3) is 0.167. The normalized spacial score (nSPS) is 9.70. The number of carboxylic acids is 1. The maximum absolute atomic E-state index is 10.2. The molecule has 0 atom stereocenters. The van der Waals surface area contributed by atoms with Crippen molar-refractivity contribution >= 4 is 17.6 Å². The van der Waals surface area contributed by atoms with E-state index in [9.17, 15) is 9.90 Å². The van der Waals surface area contributed by atoms with Crippen molar-refractivity contribution in [2.45, 2.75) is 5.88 Å². The summed E-state index contributed by atoms with van der Waals surface area (Å²) in [6.45, 7) is 0. The van der Waals surface area contributed by atoms with Crippen molar-refractivity contribution in [2.75, 3.05) is 0 Å². The van der Waals surface area contributed by atoms with Crippen LogP contribution in [0.4, 0.5) is 0 Å². The van der Waals surface area contributed by atoms with Crippen molar-refractivity contribution in [3.8, 4) is 0 Å². The Labute approximate surface area is 62.2 Å². The van der Waals surface area contributed by atoms with Gasteiger partial charge >= 0.3 is 0 Å². The zero-order chi connectivity index (χ0) is 7.56. The van der Waals surface area contributed by atoms with E-state index in [1.165, 1.54) is 12.3 Å². The van der Waals surface area contributed by atoms with Gasteiger partial charge in [0.15, 0.2) is 0 Å². The molecule has 0 aromatic carbocycles. The van der Waals surface area contributed by atoms with Gasteiger partial charge in [-0.05, 0) is 6.07 Å². The van der Waals surface area contributed by atoms with Gasteiger partial charge in [0.25, 0.3) is 0 Å². The molecule has 0 N–H and O–H groups in total. The molecule has 10 heavy (non-hydrogen) atoms.